The topological polar surface area (TPSA) is 102 Å². The zero-order chi connectivity index (χ0) is 24.6. The van der Waals surface area contributed by atoms with Gasteiger partial charge in [0.25, 0.3) is 5.91 Å². The number of morpholine rings is 1. The zero-order valence-corrected chi connectivity index (χ0v) is 20.2. The number of nitrogens with zero attached hydrogens (tertiary/aromatic N) is 4. The molecule has 0 atom stereocenters. The van der Waals surface area contributed by atoms with E-state index in [0.717, 1.165) is 65.3 Å². The highest BCUT2D eigenvalue weighted by atomic mass is 16.5. The molecule has 0 saturated carbocycles. The maximum Gasteiger partial charge on any atom is 0.254 e. The summed E-state index contributed by atoms with van der Waals surface area (Å²) in [6.45, 7) is 4.30. The number of hydrogen-bond donors (Lipinski definition) is 1. The summed E-state index contributed by atoms with van der Waals surface area (Å²) in [5, 5.41) is 0. The number of carbonyl (C=O) groups is 2. The summed E-state index contributed by atoms with van der Waals surface area (Å²) in [6.07, 6.45) is 7.79. The van der Waals surface area contributed by atoms with Crippen LogP contribution in [-0.4, -0.2) is 66.1 Å². The van der Waals surface area contributed by atoms with Crippen molar-refractivity contribution < 1.29 is 14.3 Å². The Morgan fingerprint density at radius 2 is 1.61 bits per heavy atom. The van der Waals surface area contributed by atoms with Gasteiger partial charge >= 0.3 is 0 Å². The van der Waals surface area contributed by atoms with Crippen molar-refractivity contribution in [2.45, 2.75) is 25.7 Å². The van der Waals surface area contributed by atoms with Crippen LogP contribution < -0.4 is 10.6 Å². The fourth-order valence-electron chi connectivity index (χ4n) is 5.49. The number of rotatable bonds is 4. The standard InChI is InChI=1S/C28H29N5O3/c29-26(34)25-14-19(21-16-30-28(31-17-21)33-6-2-1-3-7-33)13-23-22-5-4-18(12-20(22)15-24(23)25)27(35)32-8-10-36-11-9-32/h4-5,12-14,16-17H,1-3,6-11,15H2,(H2,29,34). The Morgan fingerprint density at radius 1 is 0.861 bits per heavy atom. The minimum atomic E-state index is -0.462. The molecular formula is C28H29N5O3. The van der Waals surface area contributed by atoms with Gasteiger partial charge in [-0.2, -0.15) is 0 Å². The average Bonchev–Trinajstić information content (AvgIpc) is 3.31. The Balaban J connectivity index is 1.33. The largest absolute Gasteiger partial charge is 0.378 e. The number of ether oxygens (including phenoxy) is 1. The number of nitrogens with two attached hydrogens (primary N) is 1. The quantitative estimate of drug-likeness (QED) is 0.478. The van der Waals surface area contributed by atoms with E-state index in [0.29, 0.717) is 43.9 Å². The molecule has 8 nitrogen and oxygen atoms in total. The van der Waals surface area contributed by atoms with Gasteiger partial charge in [0.2, 0.25) is 11.9 Å². The number of anilines is 1. The Labute approximate surface area is 210 Å². The van der Waals surface area contributed by atoms with E-state index >= 15 is 0 Å². The lowest BCUT2D eigenvalue weighted by Crippen LogP contribution is -2.40. The van der Waals surface area contributed by atoms with Crippen LogP contribution in [0.5, 0.6) is 0 Å². The second-order valence-electron chi connectivity index (χ2n) is 9.69. The molecule has 0 unspecified atom stereocenters. The van der Waals surface area contributed by atoms with E-state index in [1.165, 1.54) is 6.42 Å². The normalized spacial score (nSPS) is 17.0. The SMILES string of the molecule is NC(=O)c1cc(-c2cnc(N3CCCCC3)nc2)cc2c1Cc1cc(C(=O)N3CCOCC3)ccc1-2. The van der Waals surface area contributed by atoms with Gasteiger partial charge in [-0.3, -0.25) is 9.59 Å². The summed E-state index contributed by atoms with van der Waals surface area (Å²) in [4.78, 5) is 38.7. The predicted molar refractivity (Wildman–Crippen MR) is 137 cm³/mol. The molecule has 0 spiro atoms. The maximum atomic E-state index is 13.0. The summed E-state index contributed by atoms with van der Waals surface area (Å²) >= 11 is 0. The van der Waals surface area contributed by atoms with Crippen molar-refractivity contribution in [1.82, 2.24) is 14.9 Å². The molecule has 184 valence electrons. The smallest absolute Gasteiger partial charge is 0.254 e. The highest BCUT2D eigenvalue weighted by molar-refractivity contribution is 6.01. The van der Waals surface area contributed by atoms with Crippen molar-refractivity contribution in [2.24, 2.45) is 5.73 Å². The number of hydrogen-bond acceptors (Lipinski definition) is 6. The number of carbonyl (C=O) groups excluding carboxylic acids is 2. The van der Waals surface area contributed by atoms with E-state index in [-0.39, 0.29) is 5.91 Å². The van der Waals surface area contributed by atoms with Crippen LogP contribution in [0.4, 0.5) is 5.95 Å². The third kappa shape index (κ3) is 4.11. The first-order valence-corrected chi connectivity index (χ1v) is 12.6. The maximum absolute atomic E-state index is 13.0. The van der Waals surface area contributed by atoms with Crippen molar-refractivity contribution in [2.75, 3.05) is 44.3 Å². The highest BCUT2D eigenvalue weighted by Crippen LogP contribution is 2.41. The van der Waals surface area contributed by atoms with Crippen LogP contribution in [0, 0.1) is 0 Å². The van der Waals surface area contributed by atoms with Crippen LogP contribution in [0.15, 0.2) is 42.7 Å². The monoisotopic (exact) mass is 483 g/mol. The summed E-state index contributed by atoms with van der Waals surface area (Å²) in [5.74, 6) is 0.299. The van der Waals surface area contributed by atoms with Crippen molar-refractivity contribution in [3.05, 3.63) is 65.0 Å². The Kier molecular flexibility index (Phi) is 5.89. The number of piperidine rings is 1. The number of benzene rings is 2. The van der Waals surface area contributed by atoms with Crippen LogP contribution in [0.25, 0.3) is 22.3 Å². The molecule has 8 heteroatoms. The molecule has 2 amide bonds. The Bertz CT molecular complexity index is 1330. The van der Waals surface area contributed by atoms with E-state index in [1.54, 1.807) is 0 Å². The summed E-state index contributed by atoms with van der Waals surface area (Å²) in [7, 11) is 0. The van der Waals surface area contributed by atoms with E-state index in [9.17, 15) is 9.59 Å². The Hall–Kier alpha value is -3.78. The van der Waals surface area contributed by atoms with Gasteiger partial charge < -0.3 is 20.3 Å². The van der Waals surface area contributed by atoms with Crippen LogP contribution in [0.1, 0.15) is 51.1 Å². The van der Waals surface area contributed by atoms with Gasteiger partial charge in [0.15, 0.2) is 0 Å². The minimum Gasteiger partial charge on any atom is -0.378 e. The predicted octanol–water partition coefficient (Wildman–Crippen LogP) is 3.28. The average molecular weight is 484 g/mol. The molecule has 3 aliphatic rings. The third-order valence-electron chi connectivity index (χ3n) is 7.43. The fourth-order valence-corrected chi connectivity index (χ4v) is 5.49. The number of fused-ring (bicyclic) bond motifs is 3. The van der Waals surface area contributed by atoms with Crippen molar-refractivity contribution in [1.29, 1.82) is 0 Å². The highest BCUT2D eigenvalue weighted by Gasteiger charge is 2.27. The lowest BCUT2D eigenvalue weighted by molar-refractivity contribution is 0.0303. The van der Waals surface area contributed by atoms with Gasteiger partial charge in [0, 0.05) is 55.3 Å². The van der Waals surface area contributed by atoms with Crippen molar-refractivity contribution in [3.63, 3.8) is 0 Å². The second kappa shape index (κ2) is 9.35. The second-order valence-corrected chi connectivity index (χ2v) is 9.69. The Morgan fingerprint density at radius 3 is 2.33 bits per heavy atom. The van der Waals surface area contributed by atoms with Crippen LogP contribution in [0.2, 0.25) is 0 Å². The number of aromatic nitrogens is 2. The first-order chi connectivity index (χ1) is 17.6. The van der Waals surface area contributed by atoms with Gasteiger partial charge in [-0.05, 0) is 77.8 Å². The number of primary amides is 1. The molecule has 0 bridgehead atoms. The van der Waals surface area contributed by atoms with Crippen LogP contribution in [0.3, 0.4) is 0 Å². The van der Waals surface area contributed by atoms with Gasteiger partial charge in [0.05, 0.1) is 13.2 Å². The van der Waals surface area contributed by atoms with E-state index in [2.05, 4.69) is 20.9 Å². The minimum absolute atomic E-state index is 0.0128. The molecule has 2 aliphatic heterocycles. The molecule has 2 aromatic carbocycles. The third-order valence-corrected chi connectivity index (χ3v) is 7.43. The lowest BCUT2D eigenvalue weighted by Gasteiger charge is -2.27. The summed E-state index contributed by atoms with van der Waals surface area (Å²) < 4.78 is 5.37. The molecule has 2 saturated heterocycles. The molecule has 6 rings (SSSR count). The molecule has 1 aliphatic carbocycles. The summed E-state index contributed by atoms with van der Waals surface area (Å²) in [6, 6.07) is 9.73. The molecule has 2 fully saturated rings. The molecule has 3 aromatic rings. The molecule has 0 radical (unpaired) electrons. The fraction of sp³-hybridized carbons (Fsp3) is 0.357. The number of amides is 2. The van der Waals surface area contributed by atoms with E-state index < -0.39 is 5.91 Å². The molecule has 2 N–H and O–H groups in total. The van der Waals surface area contributed by atoms with Gasteiger partial charge in [-0.1, -0.05) is 6.07 Å². The molecule has 36 heavy (non-hydrogen) atoms. The molecule has 3 heterocycles. The molecule has 1 aromatic heterocycles. The summed E-state index contributed by atoms with van der Waals surface area (Å²) in [5.41, 5.74) is 12.6. The van der Waals surface area contributed by atoms with Crippen molar-refractivity contribution in [3.8, 4) is 22.3 Å². The lowest BCUT2D eigenvalue weighted by atomic mass is 9.95. The first kappa shape index (κ1) is 22.7. The first-order valence-electron chi connectivity index (χ1n) is 12.6. The van der Waals surface area contributed by atoms with Crippen LogP contribution in [-0.2, 0) is 11.2 Å². The van der Waals surface area contributed by atoms with Crippen molar-refractivity contribution >= 4 is 17.8 Å². The van der Waals surface area contributed by atoms with E-state index in [1.807, 2.05) is 41.6 Å². The van der Waals surface area contributed by atoms with Gasteiger partial charge in [-0.25, -0.2) is 9.97 Å². The molecular weight excluding hydrogens is 454 g/mol. The van der Waals surface area contributed by atoms with Gasteiger partial charge in [-0.15, -0.1) is 0 Å². The zero-order valence-electron chi connectivity index (χ0n) is 20.2. The van der Waals surface area contributed by atoms with Crippen LogP contribution >= 0.6 is 0 Å². The van der Waals surface area contributed by atoms with E-state index in [4.69, 9.17) is 10.5 Å². The van der Waals surface area contributed by atoms with Gasteiger partial charge in [0.1, 0.15) is 0 Å².